The Balaban J connectivity index is 1.78. The van der Waals surface area contributed by atoms with E-state index >= 15 is 0 Å². The van der Waals surface area contributed by atoms with E-state index in [1.807, 2.05) is 12.1 Å². The van der Waals surface area contributed by atoms with E-state index in [1.165, 1.54) is 24.1 Å². The van der Waals surface area contributed by atoms with E-state index < -0.39 is 0 Å². The number of nitrogens with one attached hydrogen (secondary N) is 1. The molecule has 1 amide bonds. The quantitative estimate of drug-likeness (QED) is 0.895. The summed E-state index contributed by atoms with van der Waals surface area (Å²) < 4.78 is 12.8. The van der Waals surface area contributed by atoms with E-state index in [0.29, 0.717) is 12.5 Å². The summed E-state index contributed by atoms with van der Waals surface area (Å²) in [6.07, 6.45) is 4.48. The second-order valence-electron chi connectivity index (χ2n) is 5.58. The molecule has 1 aromatic rings. The van der Waals surface area contributed by atoms with Gasteiger partial charge in [-0.1, -0.05) is 12.1 Å². The first-order valence-electron chi connectivity index (χ1n) is 7.35. The van der Waals surface area contributed by atoms with Crippen LogP contribution < -0.4 is 5.32 Å². The average Bonchev–Trinajstić information content (AvgIpc) is 2.47. The molecule has 0 bridgehead atoms. The zero-order chi connectivity index (χ0) is 14.4. The predicted octanol–water partition coefficient (Wildman–Crippen LogP) is 2.22. The first kappa shape index (κ1) is 15.0. The molecule has 0 aromatic heterocycles. The number of benzene rings is 1. The molecule has 1 aliphatic heterocycles. The Morgan fingerprint density at radius 2 is 2.15 bits per heavy atom. The number of hydrogen-bond acceptors (Lipinski definition) is 2. The lowest BCUT2D eigenvalue weighted by atomic mass is 9.91. The molecule has 1 unspecified atom stereocenters. The first-order chi connectivity index (χ1) is 9.67. The van der Waals surface area contributed by atoms with Crippen molar-refractivity contribution in [2.45, 2.75) is 25.7 Å². The molecule has 4 heteroatoms. The van der Waals surface area contributed by atoms with Gasteiger partial charge in [-0.3, -0.25) is 9.69 Å². The van der Waals surface area contributed by atoms with Crippen molar-refractivity contribution in [2.75, 3.05) is 26.7 Å². The fourth-order valence-electron chi connectivity index (χ4n) is 2.83. The van der Waals surface area contributed by atoms with Crippen LogP contribution >= 0.6 is 0 Å². The van der Waals surface area contributed by atoms with Gasteiger partial charge >= 0.3 is 0 Å². The van der Waals surface area contributed by atoms with E-state index in [0.717, 1.165) is 32.4 Å². The summed E-state index contributed by atoms with van der Waals surface area (Å²) in [6.45, 7) is 2.51. The number of nitrogens with zero attached hydrogens (tertiary/aromatic N) is 1. The van der Waals surface area contributed by atoms with Crippen LogP contribution in [-0.2, 0) is 11.2 Å². The molecule has 0 aliphatic carbocycles. The minimum absolute atomic E-state index is 0.0872. The van der Waals surface area contributed by atoms with Crippen LogP contribution in [0.15, 0.2) is 24.3 Å². The largest absolute Gasteiger partial charge is 0.358 e. The Morgan fingerprint density at radius 3 is 2.85 bits per heavy atom. The number of rotatable bonds is 5. The highest BCUT2D eigenvalue weighted by Crippen LogP contribution is 2.21. The second-order valence-corrected chi connectivity index (χ2v) is 5.58. The van der Waals surface area contributed by atoms with Crippen molar-refractivity contribution < 1.29 is 9.18 Å². The summed E-state index contributed by atoms with van der Waals surface area (Å²) in [7, 11) is 1.68. The van der Waals surface area contributed by atoms with Crippen LogP contribution in [0.2, 0.25) is 0 Å². The fourth-order valence-corrected chi connectivity index (χ4v) is 2.83. The first-order valence-corrected chi connectivity index (χ1v) is 7.35. The summed E-state index contributed by atoms with van der Waals surface area (Å²) in [5.41, 5.74) is 1.19. The van der Waals surface area contributed by atoms with Crippen LogP contribution in [0.5, 0.6) is 0 Å². The minimum atomic E-state index is -0.178. The van der Waals surface area contributed by atoms with Crippen molar-refractivity contribution in [3.05, 3.63) is 35.6 Å². The summed E-state index contributed by atoms with van der Waals surface area (Å²) in [5, 5.41) is 2.67. The number of hydrogen-bond donors (Lipinski definition) is 1. The maximum Gasteiger partial charge on any atom is 0.233 e. The Kier molecular flexibility index (Phi) is 5.53. The Labute approximate surface area is 120 Å². The molecule has 1 atom stereocenters. The molecule has 0 spiro atoms. The summed E-state index contributed by atoms with van der Waals surface area (Å²) >= 11 is 0. The monoisotopic (exact) mass is 278 g/mol. The van der Waals surface area contributed by atoms with Crippen LogP contribution in [-0.4, -0.2) is 37.5 Å². The maximum absolute atomic E-state index is 12.8. The fraction of sp³-hybridized carbons (Fsp3) is 0.562. The highest BCUT2D eigenvalue weighted by molar-refractivity contribution is 5.77. The molecular weight excluding hydrogens is 255 g/mol. The molecule has 20 heavy (non-hydrogen) atoms. The molecule has 1 heterocycles. The molecule has 1 N–H and O–H groups in total. The van der Waals surface area contributed by atoms with E-state index in [4.69, 9.17) is 0 Å². The normalized spacial score (nSPS) is 19.8. The molecule has 1 aliphatic rings. The van der Waals surface area contributed by atoms with Gasteiger partial charge in [-0.2, -0.15) is 0 Å². The summed E-state index contributed by atoms with van der Waals surface area (Å²) in [6, 6.07) is 6.77. The van der Waals surface area contributed by atoms with Crippen molar-refractivity contribution in [3.8, 4) is 0 Å². The SMILES string of the molecule is CNC(=O)CN1CCCC(CCc2ccc(F)cc2)C1. The van der Waals surface area contributed by atoms with Gasteiger partial charge in [0, 0.05) is 13.6 Å². The standard InChI is InChI=1S/C16H23FN2O/c1-18-16(20)12-19-10-2-3-14(11-19)5-4-13-6-8-15(17)9-7-13/h6-9,14H,2-5,10-12H2,1H3,(H,18,20). The lowest BCUT2D eigenvalue weighted by Crippen LogP contribution is -2.41. The molecule has 0 radical (unpaired) electrons. The number of likely N-dealkylation sites (N-methyl/N-ethyl adjacent to an activating group) is 1. The Hall–Kier alpha value is -1.42. The number of likely N-dealkylation sites (tertiary alicyclic amines) is 1. The lowest BCUT2D eigenvalue weighted by Gasteiger charge is -2.32. The van der Waals surface area contributed by atoms with Gasteiger partial charge in [0.1, 0.15) is 5.82 Å². The molecule has 2 rings (SSSR count). The third-order valence-electron chi connectivity index (χ3n) is 4.00. The maximum atomic E-state index is 12.8. The van der Waals surface area contributed by atoms with E-state index in [1.54, 1.807) is 7.05 Å². The third kappa shape index (κ3) is 4.60. The zero-order valence-corrected chi connectivity index (χ0v) is 12.1. The highest BCUT2D eigenvalue weighted by Gasteiger charge is 2.20. The van der Waals surface area contributed by atoms with Crippen molar-refractivity contribution in [1.29, 1.82) is 0 Å². The van der Waals surface area contributed by atoms with Crippen LogP contribution in [0.1, 0.15) is 24.8 Å². The van der Waals surface area contributed by atoms with Crippen molar-refractivity contribution in [2.24, 2.45) is 5.92 Å². The Morgan fingerprint density at radius 1 is 1.40 bits per heavy atom. The van der Waals surface area contributed by atoms with Gasteiger partial charge in [-0.05, 0) is 55.8 Å². The van der Waals surface area contributed by atoms with Gasteiger partial charge in [0.25, 0.3) is 0 Å². The molecule has 0 saturated carbocycles. The van der Waals surface area contributed by atoms with Crippen LogP contribution in [0, 0.1) is 11.7 Å². The predicted molar refractivity (Wildman–Crippen MR) is 78.0 cm³/mol. The van der Waals surface area contributed by atoms with Gasteiger partial charge in [0.05, 0.1) is 6.54 Å². The van der Waals surface area contributed by atoms with Gasteiger partial charge in [-0.15, -0.1) is 0 Å². The molecule has 1 aromatic carbocycles. The second kappa shape index (κ2) is 7.39. The number of carbonyl (C=O) groups is 1. The van der Waals surface area contributed by atoms with Crippen molar-refractivity contribution in [1.82, 2.24) is 10.2 Å². The number of aryl methyl sites for hydroxylation is 1. The Bertz CT molecular complexity index is 433. The average molecular weight is 278 g/mol. The third-order valence-corrected chi connectivity index (χ3v) is 4.00. The molecular formula is C16H23FN2O. The molecule has 110 valence electrons. The molecule has 3 nitrogen and oxygen atoms in total. The number of piperidine rings is 1. The number of amides is 1. The van der Waals surface area contributed by atoms with Gasteiger partial charge < -0.3 is 5.32 Å². The zero-order valence-electron chi connectivity index (χ0n) is 12.1. The van der Waals surface area contributed by atoms with E-state index in [-0.39, 0.29) is 11.7 Å². The van der Waals surface area contributed by atoms with E-state index in [9.17, 15) is 9.18 Å². The van der Waals surface area contributed by atoms with Gasteiger partial charge in [0.15, 0.2) is 0 Å². The highest BCUT2D eigenvalue weighted by atomic mass is 19.1. The van der Waals surface area contributed by atoms with E-state index in [2.05, 4.69) is 10.2 Å². The number of carbonyl (C=O) groups excluding carboxylic acids is 1. The topological polar surface area (TPSA) is 32.3 Å². The van der Waals surface area contributed by atoms with Crippen molar-refractivity contribution >= 4 is 5.91 Å². The minimum Gasteiger partial charge on any atom is -0.358 e. The molecule has 1 fully saturated rings. The summed E-state index contributed by atoms with van der Waals surface area (Å²) in [4.78, 5) is 13.6. The lowest BCUT2D eigenvalue weighted by molar-refractivity contribution is -0.122. The number of halogens is 1. The van der Waals surface area contributed by atoms with Crippen molar-refractivity contribution in [3.63, 3.8) is 0 Å². The summed E-state index contributed by atoms with van der Waals surface area (Å²) in [5.74, 6) is 0.547. The smallest absolute Gasteiger partial charge is 0.233 e. The van der Waals surface area contributed by atoms with Gasteiger partial charge in [0.2, 0.25) is 5.91 Å². The van der Waals surface area contributed by atoms with Crippen LogP contribution in [0.3, 0.4) is 0 Å². The van der Waals surface area contributed by atoms with Crippen LogP contribution in [0.25, 0.3) is 0 Å². The van der Waals surface area contributed by atoms with Gasteiger partial charge in [-0.25, -0.2) is 4.39 Å². The van der Waals surface area contributed by atoms with Crippen LogP contribution in [0.4, 0.5) is 4.39 Å². The molecule has 1 saturated heterocycles.